The van der Waals surface area contributed by atoms with Crippen molar-refractivity contribution < 1.29 is 46.9 Å². The number of carbonyl (C=O) groups excluding carboxylic acids is 3. The molecule has 1 aromatic carbocycles. The summed E-state index contributed by atoms with van der Waals surface area (Å²) in [6.07, 6.45) is 0.251. The lowest BCUT2D eigenvalue weighted by Gasteiger charge is -2.32. The molecule has 16 nitrogen and oxygen atoms in total. The van der Waals surface area contributed by atoms with Gasteiger partial charge >= 0.3 is 25.7 Å². The maximum atomic E-state index is 14.6. The van der Waals surface area contributed by atoms with E-state index in [0.29, 0.717) is 17.6 Å². The first kappa shape index (κ1) is 42.4. The molecule has 17 heteroatoms. The van der Waals surface area contributed by atoms with E-state index in [1.807, 2.05) is 0 Å². The molecular formula is C37H53N6O10P. The van der Waals surface area contributed by atoms with Crippen LogP contribution in [0.4, 0.5) is 5.82 Å². The Bertz CT molecular complexity index is 1830. The number of nitrogens with one attached hydrogen (secondary N) is 1. The summed E-state index contributed by atoms with van der Waals surface area (Å²) < 4.78 is 52.3. The molecular weight excluding hydrogens is 719 g/mol. The number of hydrogen-bond acceptors (Lipinski definition) is 14. The predicted molar refractivity (Wildman–Crippen MR) is 201 cm³/mol. The largest absolute Gasteiger partial charge is 0.465 e. The van der Waals surface area contributed by atoms with Crippen LogP contribution in [0, 0.1) is 17.3 Å². The van der Waals surface area contributed by atoms with Crippen LogP contribution < -0.4 is 15.3 Å². The van der Waals surface area contributed by atoms with Crippen LogP contribution in [-0.4, -0.2) is 83.3 Å². The monoisotopic (exact) mass is 772 g/mol. The molecule has 1 fully saturated rings. The summed E-state index contributed by atoms with van der Waals surface area (Å²) >= 11 is 0. The normalized spacial score (nSPS) is 22.0. The van der Waals surface area contributed by atoms with E-state index < -0.39 is 74.1 Å². The minimum absolute atomic E-state index is 0.0333. The van der Waals surface area contributed by atoms with Gasteiger partial charge in [-0.05, 0) is 43.0 Å². The molecule has 0 amide bonds. The van der Waals surface area contributed by atoms with Crippen molar-refractivity contribution >= 4 is 43.2 Å². The molecule has 0 aliphatic carbocycles. The third-order valence-corrected chi connectivity index (χ3v) is 10.8. The number of nitrogens with zero attached hydrogens (tertiary/aromatic N) is 4. The second kappa shape index (κ2) is 17.8. The van der Waals surface area contributed by atoms with Gasteiger partial charge in [-0.15, -0.1) is 0 Å². The summed E-state index contributed by atoms with van der Waals surface area (Å²) in [5.41, 5.74) is 5.12. The lowest BCUT2D eigenvalue weighted by atomic mass is 9.87. The number of fused-ring (bicyclic) bond motifs is 1. The predicted octanol–water partition coefficient (Wildman–Crippen LogP) is 5.29. The van der Waals surface area contributed by atoms with Crippen molar-refractivity contribution in [3.05, 3.63) is 54.5 Å². The molecule has 0 bridgehead atoms. The highest BCUT2D eigenvalue weighted by Crippen LogP contribution is 2.48. The molecule has 6 atom stereocenters. The van der Waals surface area contributed by atoms with Gasteiger partial charge in [0.2, 0.25) is 0 Å². The van der Waals surface area contributed by atoms with E-state index >= 15 is 0 Å². The van der Waals surface area contributed by atoms with Gasteiger partial charge in [-0.25, -0.2) is 14.1 Å². The fraction of sp³-hybridized carbons (Fsp3) is 0.568. The number of aliphatic imine (C=N–C) groups is 1. The Labute approximate surface area is 316 Å². The number of esters is 3. The van der Waals surface area contributed by atoms with Gasteiger partial charge in [0.05, 0.1) is 30.7 Å². The van der Waals surface area contributed by atoms with Crippen LogP contribution in [0.3, 0.4) is 0 Å². The van der Waals surface area contributed by atoms with Crippen molar-refractivity contribution in [1.82, 2.24) is 19.7 Å². The Morgan fingerprint density at radius 1 is 1.06 bits per heavy atom. The van der Waals surface area contributed by atoms with E-state index in [1.165, 1.54) is 31.0 Å². The number of carbonyl (C=O) groups is 3. The van der Waals surface area contributed by atoms with Gasteiger partial charge in [0.25, 0.3) is 0 Å². The molecule has 0 spiro atoms. The average molecular weight is 773 g/mol. The van der Waals surface area contributed by atoms with Crippen molar-refractivity contribution in [1.29, 1.82) is 0 Å². The molecule has 1 unspecified atom stereocenters. The van der Waals surface area contributed by atoms with E-state index in [2.05, 4.69) is 40.9 Å². The zero-order valence-corrected chi connectivity index (χ0v) is 33.3. The molecule has 3 aromatic rings. The summed E-state index contributed by atoms with van der Waals surface area (Å²) in [6, 6.07) is 10.4. The van der Waals surface area contributed by atoms with Gasteiger partial charge < -0.3 is 29.2 Å². The van der Waals surface area contributed by atoms with Crippen LogP contribution in [0.1, 0.15) is 73.9 Å². The number of aromatic nitrogens is 3. The Morgan fingerprint density at radius 2 is 1.72 bits per heavy atom. The fourth-order valence-electron chi connectivity index (χ4n) is 5.49. The fourth-order valence-corrected chi connectivity index (χ4v) is 7.00. The first-order valence-corrected chi connectivity index (χ1v) is 19.5. The van der Waals surface area contributed by atoms with Crippen LogP contribution >= 0.6 is 7.75 Å². The summed E-state index contributed by atoms with van der Waals surface area (Å²) in [7, 11) is -2.93. The van der Waals surface area contributed by atoms with Crippen molar-refractivity contribution in [3.8, 4) is 5.75 Å². The maximum absolute atomic E-state index is 14.6. The van der Waals surface area contributed by atoms with Crippen LogP contribution in [-0.2, 0) is 48.0 Å². The first-order valence-electron chi connectivity index (χ1n) is 18.0. The van der Waals surface area contributed by atoms with Crippen molar-refractivity contribution in [3.63, 3.8) is 0 Å². The van der Waals surface area contributed by atoms with Gasteiger partial charge in [-0.1, -0.05) is 73.1 Å². The average Bonchev–Trinajstić information content (AvgIpc) is 3.68. The number of ether oxygens (including phenoxy) is 4. The zero-order chi connectivity index (χ0) is 39.8. The Morgan fingerprint density at radius 3 is 2.35 bits per heavy atom. The molecule has 0 radical (unpaired) electrons. The van der Waals surface area contributed by atoms with Crippen molar-refractivity contribution in [2.45, 2.75) is 98.2 Å². The SMILES string of the molecule is CCC(C)(C)CCOC(=O)[C@H](C)NP(=O)(OC[C@H]1O[C@@](/C=N/C)(c2ccc3c(N)ncnn23)[C@H](OC(=O)C(C)C)[C@@H]1OC(=O)C(C)C)Oc1ccccc1. The molecule has 0 saturated carbocycles. The van der Waals surface area contributed by atoms with E-state index in [1.54, 1.807) is 70.2 Å². The molecule has 1 aliphatic rings. The van der Waals surface area contributed by atoms with Gasteiger partial charge in [-0.3, -0.25) is 23.9 Å². The molecule has 3 N–H and O–H groups in total. The van der Waals surface area contributed by atoms with Crippen LogP contribution in [0.5, 0.6) is 5.75 Å². The number of benzene rings is 1. The molecule has 296 valence electrons. The molecule has 1 saturated heterocycles. The zero-order valence-electron chi connectivity index (χ0n) is 32.4. The number of hydrogen-bond donors (Lipinski definition) is 2. The highest BCUT2D eigenvalue weighted by atomic mass is 31.2. The van der Waals surface area contributed by atoms with Crippen LogP contribution in [0.15, 0.2) is 53.8 Å². The topological polar surface area (TPSA) is 204 Å². The Hall–Kier alpha value is -4.37. The molecule has 54 heavy (non-hydrogen) atoms. The number of nitrogen functional groups attached to an aromatic ring is 1. The molecule has 4 rings (SSSR count). The van der Waals surface area contributed by atoms with E-state index in [4.69, 9.17) is 33.7 Å². The Kier molecular flexibility index (Phi) is 14.0. The second-order valence-corrected chi connectivity index (χ2v) is 16.2. The quantitative estimate of drug-likeness (QED) is 0.0730. The van der Waals surface area contributed by atoms with E-state index in [9.17, 15) is 18.9 Å². The second-order valence-electron chi connectivity index (χ2n) is 14.5. The lowest BCUT2D eigenvalue weighted by molar-refractivity contribution is -0.172. The van der Waals surface area contributed by atoms with E-state index in [0.717, 1.165) is 6.42 Å². The standard InChI is InChI=1S/C37H53N6O10P/c1-10-36(7,8)18-19-48-35(46)25(6)42-54(47,53-26-14-12-11-13-15-26)49-20-28-30(50-33(44)23(2)3)31(51-34(45)24(4)5)37(52-28,21-39-9)29-17-16-27-32(38)40-22-41-43(27)29/h11-17,21-25,28,30-31H,10,18-20H2,1-9H3,(H,42,47)(H2,38,40,41)/b39-21+/t25-,28+,30+,31+,37-,54?/m0/s1. The van der Waals surface area contributed by atoms with Crippen molar-refractivity contribution in [2.75, 3.05) is 26.0 Å². The summed E-state index contributed by atoms with van der Waals surface area (Å²) in [5.74, 6) is -2.73. The van der Waals surface area contributed by atoms with Crippen LogP contribution in [0.25, 0.3) is 5.52 Å². The third kappa shape index (κ3) is 10.0. The molecule has 3 heterocycles. The highest BCUT2D eigenvalue weighted by molar-refractivity contribution is 7.52. The number of para-hydroxylation sites is 1. The lowest BCUT2D eigenvalue weighted by Crippen LogP contribution is -2.48. The van der Waals surface area contributed by atoms with Gasteiger partial charge in [0.15, 0.2) is 23.6 Å². The Balaban J connectivity index is 1.75. The number of anilines is 1. The van der Waals surface area contributed by atoms with E-state index in [-0.39, 0.29) is 23.6 Å². The minimum atomic E-state index is -4.43. The first-order chi connectivity index (χ1) is 25.5. The molecule has 1 aliphatic heterocycles. The third-order valence-electron chi connectivity index (χ3n) is 9.14. The summed E-state index contributed by atoms with van der Waals surface area (Å²) in [6.45, 7) is 13.9. The number of nitrogens with two attached hydrogens (primary N) is 1. The van der Waals surface area contributed by atoms with Gasteiger partial charge in [0, 0.05) is 13.3 Å². The highest BCUT2D eigenvalue weighted by Gasteiger charge is 2.61. The summed E-state index contributed by atoms with van der Waals surface area (Å²) in [4.78, 5) is 48.0. The van der Waals surface area contributed by atoms with Crippen molar-refractivity contribution in [2.24, 2.45) is 22.2 Å². The molecule has 2 aromatic heterocycles. The number of rotatable bonds is 18. The van der Waals surface area contributed by atoms with Gasteiger partial charge in [0.1, 0.15) is 29.7 Å². The van der Waals surface area contributed by atoms with Crippen LogP contribution in [0.2, 0.25) is 0 Å². The smallest absolute Gasteiger partial charge is 0.459 e. The van der Waals surface area contributed by atoms with Gasteiger partial charge in [-0.2, -0.15) is 10.2 Å². The summed E-state index contributed by atoms with van der Waals surface area (Å²) in [5, 5.41) is 7.06. The minimum Gasteiger partial charge on any atom is -0.465 e. The maximum Gasteiger partial charge on any atom is 0.459 e.